The normalized spacial score (nSPS) is 22.1. The Morgan fingerprint density at radius 1 is 0.762 bits per heavy atom. The van der Waals surface area contributed by atoms with Gasteiger partial charge in [-0.15, -0.1) is 0 Å². The molecular weight excluding hydrogens is 548 g/mol. The molecule has 42 heavy (non-hydrogen) atoms. The molecule has 3 aliphatic heterocycles. The molecule has 0 bridgehead atoms. The molecule has 0 aliphatic carbocycles. The zero-order chi connectivity index (χ0) is 29.3. The number of aromatic hydroxyl groups is 5. The lowest BCUT2D eigenvalue weighted by molar-refractivity contribution is -0.0438. The number of phenols is 5. The van der Waals surface area contributed by atoms with E-state index in [1.54, 1.807) is 18.2 Å². The second-order valence-electron chi connectivity index (χ2n) is 10.4. The fourth-order valence-corrected chi connectivity index (χ4v) is 5.61. The maximum Gasteiger partial charge on any atom is 0.201 e. The fraction of sp³-hybridized carbons (Fsp3) is 0.194. The van der Waals surface area contributed by atoms with E-state index in [1.807, 2.05) is 0 Å². The van der Waals surface area contributed by atoms with Gasteiger partial charge in [-0.1, -0.05) is 18.2 Å². The minimum Gasteiger partial charge on any atom is -0.508 e. The lowest BCUT2D eigenvalue weighted by Crippen LogP contribution is -2.41. The van der Waals surface area contributed by atoms with E-state index in [-0.39, 0.29) is 58.7 Å². The molecule has 0 fully saturated rings. The summed E-state index contributed by atoms with van der Waals surface area (Å²) >= 11 is 0. The Morgan fingerprint density at radius 2 is 1.57 bits per heavy atom. The van der Waals surface area contributed by atoms with Gasteiger partial charge in [-0.2, -0.15) is 0 Å². The molecule has 11 heteroatoms. The Bertz CT molecular complexity index is 1760. The van der Waals surface area contributed by atoms with Gasteiger partial charge in [0.1, 0.15) is 17.6 Å². The fourth-order valence-electron chi connectivity index (χ4n) is 5.61. The van der Waals surface area contributed by atoms with E-state index < -0.39 is 41.7 Å². The first-order chi connectivity index (χ1) is 20.2. The predicted molar refractivity (Wildman–Crippen MR) is 144 cm³/mol. The summed E-state index contributed by atoms with van der Waals surface area (Å²) in [4.78, 5) is 13.1. The number of rotatable bonds is 3. The van der Waals surface area contributed by atoms with Crippen molar-refractivity contribution in [1.82, 2.24) is 0 Å². The minimum atomic E-state index is -1.03. The van der Waals surface area contributed by atoms with Crippen LogP contribution in [-0.2, 0) is 17.8 Å². The summed E-state index contributed by atoms with van der Waals surface area (Å²) in [5.41, 5.74) is 2.01. The summed E-state index contributed by atoms with van der Waals surface area (Å²) in [5.74, 6) is -1.75. The number of carbonyl (C=O) groups is 1. The molecule has 0 saturated heterocycles. The summed E-state index contributed by atoms with van der Waals surface area (Å²) in [5, 5.41) is 62.4. The standard InChI is InChI=1S/C31H24O11/c32-15-3-1-13-9-21(35)28(41-23(13)11-15)14-2-6-19(33)24(10-14)40-22-8-5-16-18(25(22)36)12-39-31-26(37)17-4-7-20(34)27(38)29(17)42-30(16)31/h1-8,10-11,21,28,30-36,38H,9,12H2. The first kappa shape index (κ1) is 25.8. The zero-order valence-corrected chi connectivity index (χ0v) is 21.7. The number of hydrogen-bond donors (Lipinski definition) is 6. The molecule has 0 amide bonds. The summed E-state index contributed by atoms with van der Waals surface area (Å²) < 4.78 is 23.5. The van der Waals surface area contributed by atoms with Crippen molar-refractivity contribution in [3.63, 3.8) is 0 Å². The highest BCUT2D eigenvalue weighted by atomic mass is 16.6. The number of hydrogen-bond acceptors (Lipinski definition) is 11. The quantitative estimate of drug-likeness (QED) is 0.194. The number of ketones is 1. The first-order valence-electron chi connectivity index (χ1n) is 13.1. The smallest absolute Gasteiger partial charge is 0.201 e. The first-order valence-corrected chi connectivity index (χ1v) is 13.1. The van der Waals surface area contributed by atoms with Gasteiger partial charge in [0.15, 0.2) is 52.5 Å². The van der Waals surface area contributed by atoms with Crippen molar-refractivity contribution in [3.05, 3.63) is 88.5 Å². The van der Waals surface area contributed by atoms with E-state index >= 15 is 0 Å². The van der Waals surface area contributed by atoms with E-state index in [4.69, 9.17) is 18.9 Å². The minimum absolute atomic E-state index is 0.0201. The zero-order valence-electron chi connectivity index (χ0n) is 21.7. The van der Waals surface area contributed by atoms with Crippen molar-refractivity contribution in [2.75, 3.05) is 0 Å². The SMILES string of the molecule is O=C1c2ccc(O)c(O)c2OC2c3ccc(Oc4cc(C5Oc6cc(O)ccc6CC5O)ccc4O)c(O)c3COC12. The van der Waals surface area contributed by atoms with Crippen LogP contribution in [0.4, 0.5) is 0 Å². The Labute approximate surface area is 238 Å². The van der Waals surface area contributed by atoms with Crippen molar-refractivity contribution in [3.8, 4) is 51.7 Å². The highest BCUT2D eigenvalue weighted by Gasteiger charge is 2.45. The van der Waals surface area contributed by atoms with E-state index in [9.17, 15) is 35.4 Å². The van der Waals surface area contributed by atoms with Gasteiger partial charge in [-0.3, -0.25) is 4.79 Å². The average molecular weight is 573 g/mol. The number of aliphatic hydroxyl groups is 1. The van der Waals surface area contributed by atoms with Crippen molar-refractivity contribution >= 4 is 5.78 Å². The predicted octanol–water partition coefficient (Wildman–Crippen LogP) is 4.26. The molecule has 0 spiro atoms. The van der Waals surface area contributed by atoms with Crippen LogP contribution in [0.3, 0.4) is 0 Å². The number of ether oxygens (including phenoxy) is 4. The molecule has 4 aromatic carbocycles. The molecule has 7 rings (SSSR count). The monoisotopic (exact) mass is 572 g/mol. The lowest BCUT2D eigenvalue weighted by Gasteiger charge is -2.37. The van der Waals surface area contributed by atoms with Crippen molar-refractivity contribution < 1.29 is 54.4 Å². The summed E-state index contributed by atoms with van der Waals surface area (Å²) in [6.45, 7) is -0.144. The average Bonchev–Trinajstić information content (AvgIpc) is 2.97. The molecular formula is C31H24O11. The molecule has 214 valence electrons. The molecule has 4 unspecified atom stereocenters. The number of fused-ring (bicyclic) bond motifs is 5. The largest absolute Gasteiger partial charge is 0.508 e. The van der Waals surface area contributed by atoms with Crippen LogP contribution in [0.15, 0.2) is 60.7 Å². The Kier molecular flexibility index (Phi) is 5.82. The summed E-state index contributed by atoms with van der Waals surface area (Å²) in [7, 11) is 0. The van der Waals surface area contributed by atoms with Gasteiger partial charge >= 0.3 is 0 Å². The third-order valence-electron chi connectivity index (χ3n) is 7.77. The molecule has 4 aromatic rings. The van der Waals surface area contributed by atoms with Gasteiger partial charge in [0.25, 0.3) is 0 Å². The number of aliphatic hydroxyl groups excluding tert-OH is 1. The van der Waals surface area contributed by atoms with Crippen LogP contribution in [0.5, 0.6) is 51.7 Å². The highest BCUT2D eigenvalue weighted by Crippen LogP contribution is 2.50. The third-order valence-corrected chi connectivity index (χ3v) is 7.77. The van der Waals surface area contributed by atoms with Gasteiger partial charge in [-0.25, -0.2) is 0 Å². The van der Waals surface area contributed by atoms with Crippen molar-refractivity contribution in [2.45, 2.75) is 37.4 Å². The van der Waals surface area contributed by atoms with E-state index in [2.05, 4.69) is 0 Å². The van der Waals surface area contributed by atoms with Crippen LogP contribution in [0.25, 0.3) is 0 Å². The molecule has 0 saturated carbocycles. The van der Waals surface area contributed by atoms with Gasteiger partial charge in [0.2, 0.25) is 5.75 Å². The van der Waals surface area contributed by atoms with Crippen LogP contribution < -0.4 is 14.2 Å². The Balaban J connectivity index is 1.19. The molecule has 6 N–H and O–H groups in total. The van der Waals surface area contributed by atoms with Crippen LogP contribution in [0.2, 0.25) is 0 Å². The second kappa shape index (κ2) is 9.47. The van der Waals surface area contributed by atoms with Gasteiger partial charge < -0.3 is 49.6 Å². The van der Waals surface area contributed by atoms with Crippen molar-refractivity contribution in [2.24, 2.45) is 0 Å². The molecule has 11 nitrogen and oxygen atoms in total. The van der Waals surface area contributed by atoms with E-state index in [0.717, 1.165) is 5.56 Å². The topological polar surface area (TPSA) is 175 Å². The maximum absolute atomic E-state index is 13.1. The van der Waals surface area contributed by atoms with Gasteiger partial charge in [-0.05, 0) is 47.5 Å². The van der Waals surface area contributed by atoms with E-state index in [1.165, 1.54) is 42.5 Å². The third kappa shape index (κ3) is 4.01. The number of benzene rings is 4. The lowest BCUT2D eigenvalue weighted by atomic mass is 9.88. The van der Waals surface area contributed by atoms with Crippen LogP contribution in [0, 0.1) is 0 Å². The summed E-state index contributed by atoms with van der Waals surface area (Å²) in [6.07, 6.45) is -3.48. The Hall–Kier alpha value is -5.13. The molecule has 0 radical (unpaired) electrons. The molecule has 3 aliphatic rings. The van der Waals surface area contributed by atoms with Crippen LogP contribution in [-0.4, -0.2) is 48.6 Å². The molecule has 3 heterocycles. The van der Waals surface area contributed by atoms with Gasteiger partial charge in [0, 0.05) is 23.6 Å². The van der Waals surface area contributed by atoms with Crippen LogP contribution >= 0.6 is 0 Å². The second-order valence-corrected chi connectivity index (χ2v) is 10.4. The maximum atomic E-state index is 13.1. The van der Waals surface area contributed by atoms with Crippen molar-refractivity contribution in [1.29, 1.82) is 0 Å². The number of carbonyl (C=O) groups excluding carboxylic acids is 1. The van der Waals surface area contributed by atoms with Gasteiger partial charge in [0.05, 0.1) is 18.3 Å². The summed E-state index contributed by atoms with van der Waals surface area (Å²) in [6, 6.07) is 14.7. The number of Topliss-reactive ketones (excluding diaryl/α,β-unsaturated/α-hetero) is 1. The van der Waals surface area contributed by atoms with Crippen LogP contribution in [0.1, 0.15) is 44.8 Å². The van der Waals surface area contributed by atoms with E-state index in [0.29, 0.717) is 16.9 Å². The molecule has 4 atom stereocenters. The highest BCUT2D eigenvalue weighted by molar-refractivity contribution is 6.04. The molecule has 0 aromatic heterocycles. The Morgan fingerprint density at radius 3 is 2.40 bits per heavy atom. The number of phenolic OH excluding ortho intramolecular Hbond substituents is 5.